The van der Waals surface area contributed by atoms with Gasteiger partial charge in [0.25, 0.3) is 0 Å². The van der Waals surface area contributed by atoms with Crippen LogP contribution in [0.5, 0.6) is 0 Å². The zero-order chi connectivity index (χ0) is 12.5. The normalized spacial score (nSPS) is 10.1. The van der Waals surface area contributed by atoms with Crippen LogP contribution in [-0.2, 0) is 0 Å². The minimum Gasteiger partial charge on any atom is -0.351 e. The first-order valence-electron chi connectivity index (χ1n) is 5.73. The van der Waals surface area contributed by atoms with Gasteiger partial charge in [-0.1, -0.05) is 48.5 Å². The van der Waals surface area contributed by atoms with E-state index in [9.17, 15) is 4.79 Å². The van der Waals surface area contributed by atoms with Crippen LogP contribution < -0.4 is 5.73 Å². The fraction of sp³-hybridized carbons (Fsp3) is 0. The quantitative estimate of drug-likeness (QED) is 0.722. The number of hydrogen-bond donors (Lipinski definition) is 1. The molecule has 96 valence electrons. The maximum atomic E-state index is 11.7. The van der Waals surface area contributed by atoms with Crippen LogP contribution in [0, 0.1) is 0 Å². The number of benzene rings is 2. The second-order valence-corrected chi connectivity index (χ2v) is 4.13. The summed E-state index contributed by atoms with van der Waals surface area (Å²) in [6.07, 6.45) is 0. The Balaban J connectivity index is 0.00000133. The summed E-state index contributed by atoms with van der Waals surface area (Å²) in [6, 6.07) is 19.0. The molecule has 0 atom stereocenters. The zero-order valence-electron chi connectivity index (χ0n) is 10.1. The van der Waals surface area contributed by atoms with Crippen molar-refractivity contribution in [1.82, 2.24) is 4.57 Å². The van der Waals surface area contributed by atoms with E-state index in [-0.39, 0.29) is 12.4 Å². The number of fused-ring (bicyclic) bond motifs is 1. The first kappa shape index (κ1) is 13.2. The molecule has 0 fully saturated rings. The molecule has 0 aliphatic heterocycles. The molecule has 1 amide bonds. The molecule has 0 spiro atoms. The minimum absolute atomic E-state index is 0. The smallest absolute Gasteiger partial charge is 0.323 e. The van der Waals surface area contributed by atoms with E-state index in [0.717, 1.165) is 22.2 Å². The topological polar surface area (TPSA) is 48.0 Å². The first-order chi connectivity index (χ1) is 8.77. The SMILES string of the molecule is Cl.NC(=O)n1c(-c2ccccc2)cc2ccccc21. The van der Waals surface area contributed by atoms with Gasteiger partial charge in [-0.3, -0.25) is 4.57 Å². The fourth-order valence-corrected chi connectivity index (χ4v) is 2.21. The lowest BCUT2D eigenvalue weighted by molar-refractivity contribution is 0.251. The van der Waals surface area contributed by atoms with E-state index in [1.54, 1.807) is 4.57 Å². The average molecular weight is 273 g/mol. The number of nitrogens with zero attached hydrogens (tertiary/aromatic N) is 1. The van der Waals surface area contributed by atoms with Gasteiger partial charge in [-0.2, -0.15) is 0 Å². The Hall–Kier alpha value is -2.26. The molecule has 2 aromatic carbocycles. The molecule has 4 heteroatoms. The Morgan fingerprint density at radius 3 is 2.26 bits per heavy atom. The number of carbonyl (C=O) groups excluding carboxylic acids is 1. The molecule has 0 radical (unpaired) electrons. The molecule has 0 aliphatic carbocycles. The van der Waals surface area contributed by atoms with Crippen molar-refractivity contribution in [2.45, 2.75) is 0 Å². The highest BCUT2D eigenvalue weighted by molar-refractivity contribution is 5.97. The number of amides is 1. The number of rotatable bonds is 1. The monoisotopic (exact) mass is 272 g/mol. The highest BCUT2D eigenvalue weighted by Gasteiger charge is 2.13. The molecule has 3 aromatic rings. The zero-order valence-corrected chi connectivity index (χ0v) is 10.9. The highest BCUT2D eigenvalue weighted by atomic mass is 35.5. The van der Waals surface area contributed by atoms with Crippen molar-refractivity contribution in [2.75, 3.05) is 0 Å². The van der Waals surface area contributed by atoms with Gasteiger partial charge in [-0.05, 0) is 17.7 Å². The van der Waals surface area contributed by atoms with Crippen molar-refractivity contribution in [2.24, 2.45) is 5.73 Å². The molecule has 0 bridgehead atoms. The second-order valence-electron chi connectivity index (χ2n) is 4.13. The maximum Gasteiger partial charge on any atom is 0.323 e. The predicted molar refractivity (Wildman–Crippen MR) is 79.6 cm³/mol. The van der Waals surface area contributed by atoms with Crippen LogP contribution in [0.15, 0.2) is 60.7 Å². The Morgan fingerprint density at radius 2 is 1.58 bits per heavy atom. The molecule has 1 heterocycles. The van der Waals surface area contributed by atoms with Crippen LogP contribution in [-0.4, -0.2) is 10.6 Å². The van der Waals surface area contributed by atoms with Gasteiger partial charge in [-0.15, -0.1) is 12.4 Å². The fourth-order valence-electron chi connectivity index (χ4n) is 2.21. The number of para-hydroxylation sites is 1. The van der Waals surface area contributed by atoms with E-state index >= 15 is 0 Å². The van der Waals surface area contributed by atoms with Gasteiger partial charge in [0.2, 0.25) is 0 Å². The summed E-state index contributed by atoms with van der Waals surface area (Å²) < 4.78 is 1.55. The summed E-state index contributed by atoms with van der Waals surface area (Å²) >= 11 is 0. The van der Waals surface area contributed by atoms with Crippen LogP contribution >= 0.6 is 12.4 Å². The van der Waals surface area contributed by atoms with Gasteiger partial charge in [0.1, 0.15) is 0 Å². The van der Waals surface area contributed by atoms with Gasteiger partial charge in [0, 0.05) is 5.39 Å². The molecule has 3 nitrogen and oxygen atoms in total. The van der Waals surface area contributed by atoms with Crippen molar-refractivity contribution in [1.29, 1.82) is 0 Å². The Kier molecular flexibility index (Phi) is 3.58. The number of aromatic nitrogens is 1. The van der Waals surface area contributed by atoms with E-state index in [0.29, 0.717) is 0 Å². The summed E-state index contributed by atoms with van der Waals surface area (Å²) in [5, 5.41) is 1.01. The minimum atomic E-state index is -0.463. The molecule has 0 saturated heterocycles. The van der Waals surface area contributed by atoms with E-state index in [2.05, 4.69) is 0 Å². The van der Waals surface area contributed by atoms with E-state index < -0.39 is 6.03 Å². The van der Waals surface area contributed by atoms with Crippen LogP contribution in [0.4, 0.5) is 4.79 Å². The third-order valence-corrected chi connectivity index (χ3v) is 3.00. The third kappa shape index (κ3) is 2.20. The predicted octanol–water partition coefficient (Wildman–Crippen LogP) is 3.66. The molecule has 19 heavy (non-hydrogen) atoms. The Labute approximate surface area is 117 Å². The molecular weight excluding hydrogens is 260 g/mol. The van der Waals surface area contributed by atoms with Crippen molar-refractivity contribution in [3.05, 3.63) is 60.7 Å². The summed E-state index contributed by atoms with van der Waals surface area (Å²) in [6.45, 7) is 0. The highest BCUT2D eigenvalue weighted by Crippen LogP contribution is 2.27. The summed E-state index contributed by atoms with van der Waals surface area (Å²) in [5.41, 5.74) is 8.13. The number of halogens is 1. The van der Waals surface area contributed by atoms with Crippen molar-refractivity contribution >= 4 is 29.3 Å². The van der Waals surface area contributed by atoms with Crippen LogP contribution in [0.1, 0.15) is 0 Å². The number of hydrogen-bond acceptors (Lipinski definition) is 1. The molecule has 0 saturated carbocycles. The largest absolute Gasteiger partial charge is 0.351 e. The number of primary amides is 1. The number of nitrogens with two attached hydrogens (primary N) is 1. The lowest BCUT2D eigenvalue weighted by atomic mass is 10.1. The van der Waals surface area contributed by atoms with E-state index in [4.69, 9.17) is 5.73 Å². The molecule has 0 unspecified atom stereocenters. The van der Waals surface area contributed by atoms with Crippen molar-refractivity contribution in [3.8, 4) is 11.3 Å². The molecule has 3 rings (SSSR count). The lowest BCUT2D eigenvalue weighted by Crippen LogP contribution is -2.19. The Bertz CT molecular complexity index is 719. The molecule has 1 aromatic heterocycles. The second kappa shape index (κ2) is 5.16. The van der Waals surface area contributed by atoms with Crippen molar-refractivity contribution in [3.63, 3.8) is 0 Å². The van der Waals surface area contributed by atoms with E-state index in [1.165, 1.54) is 0 Å². The molecular formula is C15H13ClN2O. The average Bonchev–Trinajstić information content (AvgIpc) is 2.79. The van der Waals surface area contributed by atoms with Gasteiger partial charge in [-0.25, -0.2) is 4.79 Å². The summed E-state index contributed by atoms with van der Waals surface area (Å²) in [7, 11) is 0. The van der Waals surface area contributed by atoms with Gasteiger partial charge < -0.3 is 5.73 Å². The van der Waals surface area contributed by atoms with Crippen LogP contribution in [0.2, 0.25) is 0 Å². The summed E-state index contributed by atoms with van der Waals surface area (Å²) in [5.74, 6) is 0. The first-order valence-corrected chi connectivity index (χ1v) is 5.73. The maximum absolute atomic E-state index is 11.7. The van der Waals surface area contributed by atoms with Gasteiger partial charge in [0.05, 0.1) is 11.2 Å². The van der Waals surface area contributed by atoms with Crippen LogP contribution in [0.3, 0.4) is 0 Å². The van der Waals surface area contributed by atoms with E-state index in [1.807, 2.05) is 60.7 Å². The van der Waals surface area contributed by atoms with Crippen molar-refractivity contribution < 1.29 is 4.79 Å². The molecule has 0 aliphatic rings. The third-order valence-electron chi connectivity index (χ3n) is 3.00. The number of carbonyl (C=O) groups is 1. The molecule has 2 N–H and O–H groups in total. The standard InChI is InChI=1S/C15H12N2O.ClH/c16-15(18)17-13-9-5-4-8-12(13)10-14(17)11-6-2-1-3-7-11;/h1-10H,(H2,16,18);1H. The Morgan fingerprint density at radius 1 is 0.947 bits per heavy atom. The van der Waals surface area contributed by atoms with Crippen LogP contribution in [0.25, 0.3) is 22.2 Å². The van der Waals surface area contributed by atoms with Gasteiger partial charge in [0.15, 0.2) is 0 Å². The van der Waals surface area contributed by atoms with Gasteiger partial charge >= 0.3 is 6.03 Å². The lowest BCUT2D eigenvalue weighted by Gasteiger charge is -2.05. The summed E-state index contributed by atoms with van der Waals surface area (Å²) in [4.78, 5) is 11.7.